The molecule has 0 saturated carbocycles. The number of carboxylic acids is 1. The molecule has 0 saturated heterocycles. The van der Waals surface area contributed by atoms with Gasteiger partial charge in [-0.15, -0.1) is 0 Å². The summed E-state index contributed by atoms with van der Waals surface area (Å²) in [6.07, 6.45) is -2.75. The lowest BCUT2D eigenvalue weighted by atomic mass is 10.5. The van der Waals surface area contributed by atoms with Crippen molar-refractivity contribution in [3.63, 3.8) is 0 Å². The number of hydrogen-bond donors (Lipinski definition) is 3. The third kappa shape index (κ3) is 6.90. The van der Waals surface area contributed by atoms with Crippen LogP contribution in [0.15, 0.2) is 0 Å². The van der Waals surface area contributed by atoms with Crippen molar-refractivity contribution in [2.75, 3.05) is 26.3 Å². The maximum atomic E-state index is 12.0. The molecule has 7 nitrogen and oxygen atoms in total. The first-order chi connectivity index (χ1) is 7.47. The Bertz CT molecular complexity index is 239. The van der Waals surface area contributed by atoms with Crippen molar-refractivity contribution in [3.8, 4) is 0 Å². The van der Waals surface area contributed by atoms with Crippen molar-refractivity contribution in [1.82, 2.24) is 10.4 Å². The molecular weight excluding hydrogens is 230 g/mol. The second-order valence-corrected chi connectivity index (χ2v) is 2.65. The molecule has 0 aliphatic heterocycles. The third-order valence-electron chi connectivity index (χ3n) is 1.37. The second kappa shape index (κ2) is 7.77. The SMILES string of the molecule is O=C(O)CONC(=O)N(CCO)CC(F)F. The van der Waals surface area contributed by atoms with Gasteiger partial charge in [-0.2, -0.15) is 0 Å². The first kappa shape index (κ1) is 14.5. The molecule has 3 N–H and O–H groups in total. The summed E-state index contributed by atoms with van der Waals surface area (Å²) in [4.78, 5) is 25.9. The van der Waals surface area contributed by atoms with Gasteiger partial charge in [-0.25, -0.2) is 23.9 Å². The standard InChI is InChI=1S/C7H12F2N2O5/c8-5(9)3-11(1-2-12)7(15)10-16-4-6(13)14/h5,12H,1-4H2,(H,10,15)(H,13,14). The highest BCUT2D eigenvalue weighted by molar-refractivity contribution is 5.73. The van der Waals surface area contributed by atoms with Crippen LogP contribution in [-0.4, -0.2) is 59.8 Å². The molecule has 0 aliphatic carbocycles. The minimum atomic E-state index is -2.75. The van der Waals surface area contributed by atoms with Crippen LogP contribution < -0.4 is 5.48 Å². The number of hydrogen-bond acceptors (Lipinski definition) is 4. The number of aliphatic carboxylic acids is 1. The van der Waals surface area contributed by atoms with Gasteiger partial charge in [0, 0.05) is 6.54 Å². The van der Waals surface area contributed by atoms with Crippen LogP contribution >= 0.6 is 0 Å². The number of aliphatic hydroxyl groups is 1. The summed E-state index contributed by atoms with van der Waals surface area (Å²) < 4.78 is 24.0. The van der Waals surface area contributed by atoms with Gasteiger partial charge in [0.05, 0.1) is 13.2 Å². The van der Waals surface area contributed by atoms with Gasteiger partial charge >= 0.3 is 12.0 Å². The van der Waals surface area contributed by atoms with Crippen LogP contribution in [0.1, 0.15) is 0 Å². The fourth-order valence-corrected chi connectivity index (χ4v) is 0.787. The second-order valence-electron chi connectivity index (χ2n) is 2.65. The Balaban J connectivity index is 4.00. The Hall–Kier alpha value is -1.48. The number of carbonyl (C=O) groups excluding carboxylic acids is 1. The van der Waals surface area contributed by atoms with Crippen LogP contribution in [-0.2, 0) is 9.63 Å². The summed E-state index contributed by atoms with van der Waals surface area (Å²) in [5, 5.41) is 16.7. The molecule has 0 aliphatic rings. The Kier molecular flexibility index (Phi) is 7.05. The van der Waals surface area contributed by atoms with Crippen molar-refractivity contribution in [2.24, 2.45) is 0 Å². The molecule has 0 aromatic rings. The maximum Gasteiger partial charge on any atom is 0.341 e. The zero-order chi connectivity index (χ0) is 12.6. The summed E-state index contributed by atoms with van der Waals surface area (Å²) in [6, 6.07) is -1.03. The first-order valence-corrected chi connectivity index (χ1v) is 4.25. The van der Waals surface area contributed by atoms with Crippen LogP contribution in [0.2, 0.25) is 0 Å². The fourth-order valence-electron chi connectivity index (χ4n) is 0.787. The maximum absolute atomic E-state index is 12.0. The molecule has 9 heteroatoms. The third-order valence-corrected chi connectivity index (χ3v) is 1.37. The van der Waals surface area contributed by atoms with Crippen LogP contribution in [0.4, 0.5) is 13.6 Å². The molecule has 0 unspecified atom stereocenters. The van der Waals surface area contributed by atoms with E-state index in [2.05, 4.69) is 4.84 Å². The molecule has 0 heterocycles. The van der Waals surface area contributed by atoms with Gasteiger partial charge in [0.2, 0.25) is 0 Å². The van der Waals surface area contributed by atoms with Crippen LogP contribution in [0.5, 0.6) is 0 Å². The highest BCUT2D eigenvalue weighted by Gasteiger charge is 2.17. The highest BCUT2D eigenvalue weighted by Crippen LogP contribution is 1.98. The summed E-state index contributed by atoms with van der Waals surface area (Å²) in [7, 11) is 0. The van der Waals surface area contributed by atoms with Crippen molar-refractivity contribution in [1.29, 1.82) is 0 Å². The lowest BCUT2D eigenvalue weighted by molar-refractivity contribution is -0.144. The Morgan fingerprint density at radius 2 is 2.06 bits per heavy atom. The number of amides is 2. The Morgan fingerprint density at radius 1 is 1.44 bits per heavy atom. The van der Waals surface area contributed by atoms with Gasteiger partial charge < -0.3 is 15.1 Å². The van der Waals surface area contributed by atoms with E-state index < -0.39 is 38.2 Å². The molecule has 0 fully saturated rings. The zero-order valence-corrected chi connectivity index (χ0v) is 8.23. The van der Waals surface area contributed by atoms with Crippen molar-refractivity contribution in [2.45, 2.75) is 6.43 Å². The van der Waals surface area contributed by atoms with Crippen LogP contribution in [0.3, 0.4) is 0 Å². The molecule has 94 valence electrons. The molecule has 0 rings (SSSR count). The number of carbonyl (C=O) groups is 2. The number of nitrogens with zero attached hydrogens (tertiary/aromatic N) is 1. The predicted octanol–water partition coefficient (Wildman–Crippen LogP) is -0.728. The molecule has 0 bridgehead atoms. The number of urea groups is 1. The molecule has 0 aromatic carbocycles. The van der Waals surface area contributed by atoms with E-state index in [4.69, 9.17) is 10.2 Å². The Labute approximate surface area is 89.5 Å². The average Bonchev–Trinajstić information content (AvgIpc) is 2.15. The van der Waals surface area contributed by atoms with E-state index in [1.165, 1.54) is 0 Å². The van der Waals surface area contributed by atoms with Crippen molar-refractivity contribution in [3.05, 3.63) is 0 Å². The van der Waals surface area contributed by atoms with Crippen LogP contribution in [0.25, 0.3) is 0 Å². The Morgan fingerprint density at radius 3 is 2.50 bits per heavy atom. The molecule has 16 heavy (non-hydrogen) atoms. The molecule has 0 atom stereocenters. The van der Waals surface area contributed by atoms with E-state index in [-0.39, 0.29) is 6.54 Å². The smallest absolute Gasteiger partial charge is 0.341 e. The normalized spacial score (nSPS) is 10.2. The van der Waals surface area contributed by atoms with E-state index in [0.29, 0.717) is 4.90 Å². The molecule has 0 aromatic heterocycles. The average molecular weight is 242 g/mol. The van der Waals surface area contributed by atoms with Gasteiger partial charge in [0.25, 0.3) is 6.43 Å². The van der Waals surface area contributed by atoms with Crippen molar-refractivity contribution < 1.29 is 33.4 Å². The summed E-state index contributed by atoms with van der Waals surface area (Å²) in [5.41, 5.74) is 1.67. The monoisotopic (exact) mass is 242 g/mol. The van der Waals surface area contributed by atoms with Gasteiger partial charge in [0.15, 0.2) is 6.61 Å². The number of carboxylic acid groups (broad SMARTS) is 1. The van der Waals surface area contributed by atoms with Gasteiger partial charge in [-0.3, -0.25) is 4.84 Å². The number of nitrogens with one attached hydrogen (secondary N) is 1. The van der Waals surface area contributed by atoms with Crippen molar-refractivity contribution >= 4 is 12.0 Å². The minimum Gasteiger partial charge on any atom is -0.479 e. The minimum absolute atomic E-state index is 0.299. The quantitative estimate of drug-likeness (QED) is 0.511. The number of rotatable bonds is 7. The zero-order valence-electron chi connectivity index (χ0n) is 8.23. The predicted molar refractivity (Wildman–Crippen MR) is 46.8 cm³/mol. The van der Waals surface area contributed by atoms with E-state index in [0.717, 1.165) is 0 Å². The lowest BCUT2D eigenvalue weighted by Crippen LogP contribution is -2.44. The summed E-state index contributed by atoms with van der Waals surface area (Å²) in [6.45, 7) is -2.44. The van der Waals surface area contributed by atoms with E-state index in [9.17, 15) is 18.4 Å². The van der Waals surface area contributed by atoms with E-state index >= 15 is 0 Å². The number of halogens is 2. The van der Waals surface area contributed by atoms with Gasteiger partial charge in [-0.05, 0) is 0 Å². The summed E-state index contributed by atoms with van der Waals surface area (Å²) >= 11 is 0. The lowest BCUT2D eigenvalue weighted by Gasteiger charge is -2.20. The van der Waals surface area contributed by atoms with E-state index in [1.54, 1.807) is 5.48 Å². The molecule has 2 amide bonds. The topological polar surface area (TPSA) is 99.1 Å². The number of hydroxylamine groups is 1. The molecule has 0 radical (unpaired) electrons. The number of aliphatic hydroxyl groups excluding tert-OH is 1. The van der Waals surface area contributed by atoms with Gasteiger partial charge in [-0.1, -0.05) is 0 Å². The van der Waals surface area contributed by atoms with Crippen LogP contribution in [0, 0.1) is 0 Å². The van der Waals surface area contributed by atoms with E-state index in [1.807, 2.05) is 0 Å². The molecule has 0 spiro atoms. The fraction of sp³-hybridized carbons (Fsp3) is 0.714. The van der Waals surface area contributed by atoms with Gasteiger partial charge in [0.1, 0.15) is 0 Å². The first-order valence-electron chi connectivity index (χ1n) is 4.25. The number of alkyl halides is 2. The largest absolute Gasteiger partial charge is 0.479 e. The summed E-state index contributed by atoms with van der Waals surface area (Å²) in [5.74, 6) is -1.32. The highest BCUT2D eigenvalue weighted by atomic mass is 19.3. The molecular formula is C7H12F2N2O5.